The summed E-state index contributed by atoms with van der Waals surface area (Å²) in [5.74, 6) is 0.571. The zero-order chi connectivity index (χ0) is 19.4. The van der Waals surface area contributed by atoms with E-state index >= 15 is 0 Å². The van der Waals surface area contributed by atoms with Crippen molar-refractivity contribution in [2.24, 2.45) is 0 Å². The summed E-state index contributed by atoms with van der Waals surface area (Å²) in [5, 5.41) is 14.4. The fourth-order valence-corrected chi connectivity index (χ4v) is 3.47. The fraction of sp³-hybridized carbons (Fsp3) is 0.100. The van der Waals surface area contributed by atoms with Gasteiger partial charge < -0.3 is 15.2 Å². The summed E-state index contributed by atoms with van der Waals surface area (Å²) in [6.45, 7) is 0.732. The van der Waals surface area contributed by atoms with Gasteiger partial charge in [-0.05, 0) is 30.3 Å². The van der Waals surface area contributed by atoms with Crippen LogP contribution >= 0.6 is 46.4 Å². The van der Waals surface area contributed by atoms with Crippen LogP contribution in [0.15, 0.2) is 54.6 Å². The lowest BCUT2D eigenvalue weighted by Gasteiger charge is -2.14. The lowest BCUT2D eigenvalue weighted by Crippen LogP contribution is -2.04. The Hall–Kier alpha value is -1.78. The van der Waals surface area contributed by atoms with Crippen molar-refractivity contribution in [2.45, 2.75) is 13.2 Å². The average Bonchev–Trinajstić information content (AvgIpc) is 2.64. The van der Waals surface area contributed by atoms with Crippen molar-refractivity contribution in [3.63, 3.8) is 0 Å². The molecule has 0 atom stereocenters. The van der Waals surface area contributed by atoms with Gasteiger partial charge in [-0.15, -0.1) is 0 Å². The Morgan fingerprint density at radius 2 is 1.44 bits per heavy atom. The molecule has 0 radical (unpaired) electrons. The zero-order valence-electron chi connectivity index (χ0n) is 14.0. The Bertz CT molecular complexity index is 919. The number of benzene rings is 3. The molecule has 140 valence electrons. The first kappa shape index (κ1) is 20.0. The summed E-state index contributed by atoms with van der Waals surface area (Å²) in [6.07, 6.45) is 0. The number of rotatable bonds is 6. The van der Waals surface area contributed by atoms with Gasteiger partial charge in [0.1, 0.15) is 12.4 Å². The summed E-state index contributed by atoms with van der Waals surface area (Å²) in [4.78, 5) is 0. The Labute approximate surface area is 177 Å². The lowest BCUT2D eigenvalue weighted by molar-refractivity contribution is 0.303. The number of nitrogens with one attached hydrogen (secondary N) is 1. The van der Waals surface area contributed by atoms with Gasteiger partial charge in [0.2, 0.25) is 0 Å². The van der Waals surface area contributed by atoms with E-state index in [1.54, 1.807) is 30.3 Å². The molecule has 0 aliphatic heterocycles. The van der Waals surface area contributed by atoms with Crippen molar-refractivity contribution in [1.82, 2.24) is 0 Å². The van der Waals surface area contributed by atoms with E-state index in [-0.39, 0.29) is 22.4 Å². The monoisotopic (exact) mass is 441 g/mol. The normalized spacial score (nSPS) is 10.7. The van der Waals surface area contributed by atoms with Crippen LogP contribution in [0.2, 0.25) is 20.1 Å². The van der Waals surface area contributed by atoms with Crippen molar-refractivity contribution >= 4 is 52.1 Å². The van der Waals surface area contributed by atoms with E-state index in [0.29, 0.717) is 28.0 Å². The lowest BCUT2D eigenvalue weighted by atomic mass is 10.2. The summed E-state index contributed by atoms with van der Waals surface area (Å²) in [5.41, 5.74) is 2.36. The maximum absolute atomic E-state index is 9.65. The van der Waals surface area contributed by atoms with E-state index in [2.05, 4.69) is 5.32 Å². The van der Waals surface area contributed by atoms with Crippen molar-refractivity contribution in [3.05, 3.63) is 85.8 Å². The minimum atomic E-state index is -0.135. The van der Waals surface area contributed by atoms with Gasteiger partial charge >= 0.3 is 0 Å². The smallest absolute Gasteiger partial charge is 0.152 e. The third-order valence-corrected chi connectivity index (χ3v) is 5.19. The van der Waals surface area contributed by atoms with Crippen LogP contribution in [0.25, 0.3) is 0 Å². The fourth-order valence-electron chi connectivity index (χ4n) is 2.48. The molecule has 3 aromatic carbocycles. The predicted octanol–water partition coefficient (Wildman–Crippen LogP) is 7.20. The number of aromatic hydroxyl groups is 1. The topological polar surface area (TPSA) is 41.5 Å². The molecule has 0 heterocycles. The molecule has 0 bridgehead atoms. The van der Waals surface area contributed by atoms with Crippen LogP contribution in [0.3, 0.4) is 0 Å². The summed E-state index contributed by atoms with van der Waals surface area (Å²) >= 11 is 24.3. The number of halogens is 4. The third-order valence-electron chi connectivity index (χ3n) is 3.91. The van der Waals surface area contributed by atoms with E-state index in [9.17, 15) is 5.11 Å². The van der Waals surface area contributed by atoms with Crippen LogP contribution in [-0.2, 0) is 13.2 Å². The molecule has 0 saturated heterocycles. The molecule has 0 unspecified atom stereocenters. The number of hydrogen-bond donors (Lipinski definition) is 2. The van der Waals surface area contributed by atoms with Crippen molar-refractivity contribution in [2.75, 3.05) is 5.32 Å². The molecule has 3 aromatic rings. The number of phenols is 1. The molecule has 3 nitrogen and oxygen atoms in total. The van der Waals surface area contributed by atoms with Crippen molar-refractivity contribution in [3.8, 4) is 11.5 Å². The number of para-hydroxylation sites is 1. The van der Waals surface area contributed by atoms with Gasteiger partial charge in [-0.1, -0.05) is 70.7 Å². The minimum absolute atomic E-state index is 0.135. The molecular weight excluding hydrogens is 428 g/mol. The molecule has 3 rings (SSSR count). The Morgan fingerprint density at radius 3 is 2.11 bits per heavy atom. The number of ether oxygens (including phenoxy) is 1. The van der Waals surface area contributed by atoms with Gasteiger partial charge in [-0.25, -0.2) is 0 Å². The van der Waals surface area contributed by atoms with E-state index in [4.69, 9.17) is 51.1 Å². The first-order valence-corrected chi connectivity index (χ1v) is 9.52. The number of phenolic OH excluding ortho intramolecular Hbond substituents is 1. The maximum Gasteiger partial charge on any atom is 0.152 e. The molecule has 0 aliphatic rings. The highest BCUT2D eigenvalue weighted by atomic mass is 35.5. The second-order valence-corrected chi connectivity index (χ2v) is 7.37. The van der Waals surface area contributed by atoms with E-state index < -0.39 is 0 Å². The molecule has 7 heteroatoms. The van der Waals surface area contributed by atoms with Gasteiger partial charge in [-0.3, -0.25) is 0 Å². The van der Waals surface area contributed by atoms with Gasteiger partial charge in [0, 0.05) is 33.4 Å². The highest BCUT2D eigenvalue weighted by Gasteiger charge is 2.10. The van der Waals surface area contributed by atoms with Gasteiger partial charge in [0.25, 0.3) is 0 Å². The number of anilines is 1. The summed E-state index contributed by atoms with van der Waals surface area (Å²) < 4.78 is 5.94. The molecule has 2 N–H and O–H groups in total. The molecule has 0 aliphatic carbocycles. The summed E-state index contributed by atoms with van der Waals surface area (Å²) in [6, 6.07) is 16.2. The largest absolute Gasteiger partial charge is 0.505 e. The molecule has 0 amide bonds. The van der Waals surface area contributed by atoms with Gasteiger partial charge in [0.05, 0.1) is 10.0 Å². The van der Waals surface area contributed by atoms with Gasteiger partial charge in [0.15, 0.2) is 5.75 Å². The van der Waals surface area contributed by atoms with Crippen LogP contribution in [0.5, 0.6) is 11.5 Å². The maximum atomic E-state index is 9.65. The second-order valence-electron chi connectivity index (χ2n) is 5.74. The SMILES string of the molecule is Oc1c(Cl)cc(NCc2ccccc2OCc2c(Cl)cccc2Cl)cc1Cl. The average molecular weight is 443 g/mol. The van der Waals surface area contributed by atoms with E-state index in [1.807, 2.05) is 24.3 Å². The molecular formula is C20H15Cl4NO2. The minimum Gasteiger partial charge on any atom is -0.505 e. The molecule has 0 spiro atoms. The molecule has 27 heavy (non-hydrogen) atoms. The van der Waals surface area contributed by atoms with Gasteiger partial charge in [-0.2, -0.15) is 0 Å². The van der Waals surface area contributed by atoms with E-state index in [0.717, 1.165) is 11.1 Å². The number of hydrogen-bond acceptors (Lipinski definition) is 3. The summed E-state index contributed by atoms with van der Waals surface area (Å²) in [7, 11) is 0. The zero-order valence-corrected chi connectivity index (χ0v) is 17.0. The highest BCUT2D eigenvalue weighted by molar-refractivity contribution is 6.37. The van der Waals surface area contributed by atoms with Crippen LogP contribution in [-0.4, -0.2) is 5.11 Å². The standard InChI is InChI=1S/C20H15Cl4NO2/c21-15-5-3-6-16(22)14(15)11-27-19-7-2-1-4-12(19)10-25-13-8-17(23)20(26)18(24)9-13/h1-9,25-26H,10-11H2. The van der Waals surface area contributed by atoms with Crippen LogP contribution in [0, 0.1) is 0 Å². The molecule has 0 aromatic heterocycles. The second kappa shape index (κ2) is 8.94. The molecule has 0 saturated carbocycles. The van der Waals surface area contributed by atoms with Crippen molar-refractivity contribution < 1.29 is 9.84 Å². The Kier molecular flexibility index (Phi) is 6.61. The van der Waals surface area contributed by atoms with E-state index in [1.165, 1.54) is 0 Å². The van der Waals surface area contributed by atoms with Crippen LogP contribution in [0.1, 0.15) is 11.1 Å². The third kappa shape index (κ3) is 4.94. The first-order chi connectivity index (χ1) is 13.0. The Morgan fingerprint density at radius 1 is 0.815 bits per heavy atom. The molecule has 0 fully saturated rings. The van der Waals surface area contributed by atoms with Crippen LogP contribution < -0.4 is 10.1 Å². The predicted molar refractivity (Wildman–Crippen MR) is 113 cm³/mol. The first-order valence-electron chi connectivity index (χ1n) is 8.01. The Balaban J connectivity index is 1.73. The highest BCUT2D eigenvalue weighted by Crippen LogP contribution is 2.35. The van der Waals surface area contributed by atoms with Crippen LogP contribution in [0.4, 0.5) is 5.69 Å². The van der Waals surface area contributed by atoms with Crippen molar-refractivity contribution in [1.29, 1.82) is 0 Å². The quantitative estimate of drug-likeness (QED) is 0.396.